The smallest absolute Gasteiger partial charge is 0.248 e. The summed E-state index contributed by atoms with van der Waals surface area (Å²) in [5.41, 5.74) is 7.82. The number of primary amides is 1. The highest BCUT2D eigenvalue weighted by atomic mass is 35.5. The lowest BCUT2D eigenvalue weighted by atomic mass is 10.2. The molecule has 2 heterocycles. The normalized spacial score (nSPS) is 11.0. The van der Waals surface area contributed by atoms with E-state index in [0.717, 1.165) is 18.8 Å². The van der Waals surface area contributed by atoms with Gasteiger partial charge in [0.15, 0.2) is 17.0 Å². The fraction of sp³-hybridized carbons (Fsp3) is 0.250. The van der Waals surface area contributed by atoms with Crippen molar-refractivity contribution in [3.05, 3.63) is 41.4 Å². The number of imidazole rings is 1. The van der Waals surface area contributed by atoms with Crippen molar-refractivity contribution in [2.75, 3.05) is 18.0 Å². The molecule has 3 rings (SSSR count). The molecule has 3 aromatic rings. The van der Waals surface area contributed by atoms with Crippen LogP contribution in [0.15, 0.2) is 30.6 Å². The van der Waals surface area contributed by atoms with E-state index >= 15 is 0 Å². The molecule has 2 N–H and O–H groups in total. The van der Waals surface area contributed by atoms with Gasteiger partial charge in [0.1, 0.15) is 6.33 Å². The van der Waals surface area contributed by atoms with E-state index in [1.165, 1.54) is 0 Å². The Bertz CT molecular complexity index is 885. The number of aromatic nitrogens is 4. The minimum absolute atomic E-state index is 0.167. The summed E-state index contributed by atoms with van der Waals surface area (Å²) in [6.07, 6.45) is 1.67. The topological polar surface area (TPSA) is 89.9 Å². The second kappa shape index (κ2) is 6.45. The molecule has 7 nitrogen and oxygen atoms in total. The summed E-state index contributed by atoms with van der Waals surface area (Å²) in [4.78, 5) is 26.4. The molecule has 0 fully saturated rings. The number of amides is 1. The minimum atomic E-state index is -0.466. The molecule has 0 aliphatic rings. The van der Waals surface area contributed by atoms with E-state index in [9.17, 15) is 4.79 Å². The molecule has 0 saturated heterocycles. The maximum absolute atomic E-state index is 11.2. The van der Waals surface area contributed by atoms with E-state index in [4.69, 9.17) is 17.3 Å². The summed E-state index contributed by atoms with van der Waals surface area (Å²) in [7, 11) is 0. The van der Waals surface area contributed by atoms with Gasteiger partial charge >= 0.3 is 0 Å². The summed E-state index contributed by atoms with van der Waals surface area (Å²) in [6, 6.07) is 6.90. The molecule has 24 heavy (non-hydrogen) atoms. The highest BCUT2D eigenvalue weighted by Crippen LogP contribution is 2.26. The van der Waals surface area contributed by atoms with Gasteiger partial charge in [-0.1, -0.05) is 0 Å². The van der Waals surface area contributed by atoms with Crippen LogP contribution in [0.5, 0.6) is 0 Å². The number of hydrogen-bond donors (Lipinski definition) is 1. The number of nitrogens with two attached hydrogens (primary N) is 1. The largest absolute Gasteiger partial charge is 0.366 e. The number of rotatable bonds is 5. The van der Waals surface area contributed by atoms with Gasteiger partial charge in [-0.15, -0.1) is 0 Å². The van der Waals surface area contributed by atoms with Gasteiger partial charge in [-0.3, -0.25) is 9.36 Å². The Morgan fingerprint density at radius 1 is 1.21 bits per heavy atom. The molecule has 1 amide bonds. The molecule has 0 bridgehead atoms. The molecule has 0 spiro atoms. The number of halogens is 1. The molecule has 0 unspecified atom stereocenters. The third-order valence-electron chi connectivity index (χ3n) is 3.84. The highest BCUT2D eigenvalue weighted by molar-refractivity contribution is 6.28. The van der Waals surface area contributed by atoms with Crippen LogP contribution in [0.1, 0.15) is 24.2 Å². The zero-order valence-electron chi connectivity index (χ0n) is 13.4. The van der Waals surface area contributed by atoms with Gasteiger partial charge in [-0.2, -0.15) is 9.97 Å². The standard InChI is InChI=1S/C16H17ClN6O/c1-3-22(4-2)14-12-15(21-16(17)20-14)23(9-19-12)11-7-5-10(6-8-11)13(18)24/h5-9H,3-4H2,1-2H3,(H2,18,24). The first-order valence-electron chi connectivity index (χ1n) is 7.61. The van der Waals surface area contributed by atoms with Crippen LogP contribution in [-0.4, -0.2) is 38.5 Å². The Labute approximate surface area is 144 Å². The lowest BCUT2D eigenvalue weighted by molar-refractivity contribution is 0.100. The van der Waals surface area contributed by atoms with Crippen LogP contribution in [0.2, 0.25) is 5.28 Å². The molecule has 1 aromatic carbocycles. The molecular weight excluding hydrogens is 328 g/mol. The molecule has 8 heteroatoms. The number of carbonyl (C=O) groups excluding carboxylic acids is 1. The van der Waals surface area contributed by atoms with Gasteiger partial charge in [-0.25, -0.2) is 4.98 Å². The Hall–Kier alpha value is -2.67. The third-order valence-corrected chi connectivity index (χ3v) is 4.01. The number of anilines is 1. The summed E-state index contributed by atoms with van der Waals surface area (Å²) >= 11 is 6.11. The average Bonchev–Trinajstić information content (AvgIpc) is 2.99. The third kappa shape index (κ3) is 2.78. The van der Waals surface area contributed by atoms with Crippen molar-refractivity contribution in [2.45, 2.75) is 13.8 Å². The van der Waals surface area contributed by atoms with Crippen molar-refractivity contribution in [2.24, 2.45) is 5.73 Å². The maximum Gasteiger partial charge on any atom is 0.248 e. The molecule has 0 aliphatic carbocycles. The molecule has 124 valence electrons. The van der Waals surface area contributed by atoms with Gasteiger partial charge in [0.05, 0.1) is 0 Å². The van der Waals surface area contributed by atoms with Crippen LogP contribution in [0.4, 0.5) is 5.82 Å². The van der Waals surface area contributed by atoms with Crippen LogP contribution >= 0.6 is 11.6 Å². The van der Waals surface area contributed by atoms with E-state index in [1.54, 1.807) is 35.2 Å². The van der Waals surface area contributed by atoms with Crippen molar-refractivity contribution < 1.29 is 4.79 Å². The number of benzene rings is 1. The molecule has 0 atom stereocenters. The molecule has 0 aliphatic heterocycles. The van der Waals surface area contributed by atoms with E-state index < -0.39 is 5.91 Å². The SMILES string of the molecule is CCN(CC)c1nc(Cl)nc2c1ncn2-c1ccc(C(N)=O)cc1. The molecule has 0 saturated carbocycles. The van der Waals surface area contributed by atoms with Crippen LogP contribution in [0.3, 0.4) is 0 Å². The average molecular weight is 345 g/mol. The predicted octanol–water partition coefficient (Wildman–Crippen LogP) is 2.41. The summed E-state index contributed by atoms with van der Waals surface area (Å²) in [5.74, 6) is 0.244. The lowest BCUT2D eigenvalue weighted by Crippen LogP contribution is -2.23. The maximum atomic E-state index is 11.2. The van der Waals surface area contributed by atoms with Gasteiger partial charge < -0.3 is 10.6 Å². The van der Waals surface area contributed by atoms with Gasteiger partial charge in [-0.05, 0) is 49.7 Å². The predicted molar refractivity (Wildman–Crippen MR) is 93.7 cm³/mol. The number of fused-ring (bicyclic) bond motifs is 1. The fourth-order valence-corrected chi connectivity index (χ4v) is 2.74. The fourth-order valence-electron chi connectivity index (χ4n) is 2.58. The quantitative estimate of drug-likeness (QED) is 0.718. The van der Waals surface area contributed by atoms with Gasteiger partial charge in [0, 0.05) is 24.3 Å². The highest BCUT2D eigenvalue weighted by Gasteiger charge is 2.17. The Morgan fingerprint density at radius 3 is 2.46 bits per heavy atom. The Morgan fingerprint density at radius 2 is 1.88 bits per heavy atom. The first-order chi connectivity index (χ1) is 11.5. The van der Waals surface area contributed by atoms with Crippen LogP contribution in [-0.2, 0) is 0 Å². The van der Waals surface area contributed by atoms with E-state index in [0.29, 0.717) is 22.5 Å². The van der Waals surface area contributed by atoms with E-state index in [1.807, 2.05) is 13.8 Å². The molecular formula is C16H17ClN6O. The van der Waals surface area contributed by atoms with Crippen LogP contribution in [0, 0.1) is 0 Å². The first-order valence-corrected chi connectivity index (χ1v) is 7.98. The Kier molecular flexibility index (Phi) is 4.35. The number of carbonyl (C=O) groups is 1. The van der Waals surface area contributed by atoms with Crippen molar-refractivity contribution in [3.8, 4) is 5.69 Å². The van der Waals surface area contributed by atoms with Crippen LogP contribution < -0.4 is 10.6 Å². The van der Waals surface area contributed by atoms with Gasteiger partial charge in [0.2, 0.25) is 11.2 Å². The summed E-state index contributed by atoms with van der Waals surface area (Å²) in [6.45, 7) is 5.67. The zero-order valence-corrected chi connectivity index (χ0v) is 14.2. The van der Waals surface area contributed by atoms with Gasteiger partial charge in [0.25, 0.3) is 0 Å². The number of hydrogen-bond acceptors (Lipinski definition) is 5. The molecule has 2 aromatic heterocycles. The van der Waals surface area contributed by atoms with E-state index in [2.05, 4.69) is 19.9 Å². The summed E-state index contributed by atoms with van der Waals surface area (Å²) < 4.78 is 1.81. The first kappa shape index (κ1) is 16.2. The van der Waals surface area contributed by atoms with Crippen molar-refractivity contribution >= 4 is 34.5 Å². The summed E-state index contributed by atoms with van der Waals surface area (Å²) in [5, 5.41) is 0.167. The van der Waals surface area contributed by atoms with Crippen molar-refractivity contribution in [1.29, 1.82) is 0 Å². The van der Waals surface area contributed by atoms with E-state index in [-0.39, 0.29) is 5.28 Å². The lowest BCUT2D eigenvalue weighted by Gasteiger charge is -2.19. The Balaban J connectivity index is 2.15. The van der Waals surface area contributed by atoms with Crippen molar-refractivity contribution in [1.82, 2.24) is 19.5 Å². The van der Waals surface area contributed by atoms with Crippen molar-refractivity contribution in [3.63, 3.8) is 0 Å². The molecule has 0 radical (unpaired) electrons. The number of nitrogens with zero attached hydrogens (tertiary/aromatic N) is 5. The van der Waals surface area contributed by atoms with Crippen LogP contribution in [0.25, 0.3) is 16.9 Å². The zero-order chi connectivity index (χ0) is 17.3. The second-order valence-corrected chi connectivity index (χ2v) is 5.52. The second-order valence-electron chi connectivity index (χ2n) is 5.19. The minimum Gasteiger partial charge on any atom is -0.366 e. The monoisotopic (exact) mass is 344 g/mol.